The fourth-order valence-corrected chi connectivity index (χ4v) is 3.16. The van der Waals surface area contributed by atoms with Gasteiger partial charge >= 0.3 is 0 Å². The highest BCUT2D eigenvalue weighted by molar-refractivity contribution is 6.06. The molecule has 4 heteroatoms. The molecule has 4 aromatic rings. The molecule has 0 aliphatic heterocycles. The first-order valence-electron chi connectivity index (χ1n) is 8.17. The van der Waals surface area contributed by atoms with Gasteiger partial charge in [-0.15, -0.1) is 0 Å². The molecular formula is C21H18N2O2. The van der Waals surface area contributed by atoms with Crippen molar-refractivity contribution in [2.75, 3.05) is 0 Å². The lowest BCUT2D eigenvalue weighted by atomic mass is 10.1. The molecule has 124 valence electrons. The Labute approximate surface area is 145 Å². The number of aryl methyl sites for hydroxylation is 3. The number of hydrogen-bond donors (Lipinski definition) is 0. The zero-order valence-electron chi connectivity index (χ0n) is 14.4. The summed E-state index contributed by atoms with van der Waals surface area (Å²) in [5, 5.41) is 2.61. The lowest BCUT2D eigenvalue weighted by Gasteiger charge is -2.12. The van der Waals surface area contributed by atoms with Crippen molar-refractivity contribution < 1.29 is 4.74 Å². The molecule has 0 radical (unpaired) electrons. The minimum absolute atomic E-state index is 0.0411. The number of rotatable bonds is 2. The lowest BCUT2D eigenvalue weighted by molar-refractivity contribution is 0.483. The smallest absolute Gasteiger partial charge is 0.260 e. The van der Waals surface area contributed by atoms with Crippen LogP contribution in [0.5, 0.6) is 11.5 Å². The molecule has 0 N–H and O–H groups in total. The Balaban J connectivity index is 1.91. The number of pyridine rings is 2. The van der Waals surface area contributed by atoms with Gasteiger partial charge in [0, 0.05) is 24.7 Å². The lowest BCUT2D eigenvalue weighted by Crippen LogP contribution is -2.18. The second-order valence-electron chi connectivity index (χ2n) is 6.28. The van der Waals surface area contributed by atoms with Crippen molar-refractivity contribution in [2.45, 2.75) is 13.8 Å². The molecule has 0 bridgehead atoms. The third-order valence-corrected chi connectivity index (χ3v) is 4.54. The van der Waals surface area contributed by atoms with E-state index in [9.17, 15) is 4.79 Å². The summed E-state index contributed by atoms with van der Waals surface area (Å²) in [7, 11) is 1.78. The van der Waals surface area contributed by atoms with Gasteiger partial charge in [-0.1, -0.05) is 17.7 Å². The SMILES string of the molecule is Cc1ccc(Oc2ccc3c4ccnc(C)c4c(=O)n(C)c3c2)cc1. The van der Waals surface area contributed by atoms with Gasteiger partial charge in [0.15, 0.2) is 0 Å². The minimum Gasteiger partial charge on any atom is -0.457 e. The van der Waals surface area contributed by atoms with Crippen LogP contribution in [0.3, 0.4) is 0 Å². The number of ether oxygens (including phenoxy) is 1. The van der Waals surface area contributed by atoms with Crippen molar-refractivity contribution >= 4 is 21.7 Å². The van der Waals surface area contributed by atoms with E-state index in [2.05, 4.69) is 4.98 Å². The second kappa shape index (κ2) is 5.74. The maximum absolute atomic E-state index is 12.8. The van der Waals surface area contributed by atoms with Crippen LogP contribution in [0.4, 0.5) is 0 Å². The number of hydrogen-bond acceptors (Lipinski definition) is 3. The van der Waals surface area contributed by atoms with Crippen molar-refractivity contribution in [1.82, 2.24) is 9.55 Å². The van der Waals surface area contributed by atoms with E-state index in [-0.39, 0.29) is 5.56 Å². The zero-order chi connectivity index (χ0) is 17.6. The first-order chi connectivity index (χ1) is 12.0. The van der Waals surface area contributed by atoms with Crippen LogP contribution in [0.2, 0.25) is 0 Å². The van der Waals surface area contributed by atoms with Crippen LogP contribution >= 0.6 is 0 Å². The first-order valence-corrected chi connectivity index (χ1v) is 8.17. The Morgan fingerprint density at radius 1 is 0.920 bits per heavy atom. The quantitative estimate of drug-likeness (QED) is 0.508. The van der Waals surface area contributed by atoms with Crippen molar-refractivity contribution in [3.05, 3.63) is 76.3 Å². The van der Waals surface area contributed by atoms with E-state index in [1.807, 2.05) is 62.4 Å². The van der Waals surface area contributed by atoms with Crippen LogP contribution in [0.1, 0.15) is 11.3 Å². The molecule has 25 heavy (non-hydrogen) atoms. The van der Waals surface area contributed by atoms with Gasteiger partial charge in [0.05, 0.1) is 16.6 Å². The molecule has 4 nitrogen and oxygen atoms in total. The predicted molar refractivity (Wildman–Crippen MR) is 100 cm³/mol. The number of nitrogens with zero attached hydrogens (tertiary/aromatic N) is 2. The molecule has 0 atom stereocenters. The average molecular weight is 330 g/mol. The van der Waals surface area contributed by atoms with Gasteiger partial charge in [0.1, 0.15) is 11.5 Å². The molecule has 0 unspecified atom stereocenters. The van der Waals surface area contributed by atoms with Gasteiger partial charge < -0.3 is 9.30 Å². The Morgan fingerprint density at radius 3 is 2.40 bits per heavy atom. The summed E-state index contributed by atoms with van der Waals surface area (Å²) in [5.74, 6) is 1.48. The van der Waals surface area contributed by atoms with E-state index in [0.717, 1.165) is 27.7 Å². The largest absolute Gasteiger partial charge is 0.457 e. The molecule has 2 aromatic carbocycles. The molecule has 4 rings (SSSR count). The Hall–Kier alpha value is -3.14. The van der Waals surface area contributed by atoms with Crippen LogP contribution < -0.4 is 10.3 Å². The van der Waals surface area contributed by atoms with Crippen molar-refractivity contribution in [2.24, 2.45) is 7.05 Å². The summed E-state index contributed by atoms with van der Waals surface area (Å²) < 4.78 is 7.61. The van der Waals surface area contributed by atoms with Crippen LogP contribution in [0, 0.1) is 13.8 Å². The van der Waals surface area contributed by atoms with Crippen LogP contribution in [0.15, 0.2) is 59.5 Å². The fourth-order valence-electron chi connectivity index (χ4n) is 3.16. The first kappa shape index (κ1) is 15.4. The highest BCUT2D eigenvalue weighted by atomic mass is 16.5. The third kappa shape index (κ3) is 2.56. The molecule has 0 aliphatic carbocycles. The molecule has 2 heterocycles. The van der Waals surface area contributed by atoms with Crippen molar-refractivity contribution in [3.63, 3.8) is 0 Å². The Bertz CT molecular complexity index is 1160. The zero-order valence-corrected chi connectivity index (χ0v) is 14.4. The maximum Gasteiger partial charge on any atom is 0.260 e. The second-order valence-corrected chi connectivity index (χ2v) is 6.28. The van der Waals surface area contributed by atoms with E-state index >= 15 is 0 Å². The predicted octanol–water partition coefficient (Wildman–Crippen LogP) is 4.50. The fraction of sp³-hybridized carbons (Fsp3) is 0.143. The molecule has 0 fully saturated rings. The van der Waals surface area contributed by atoms with E-state index in [4.69, 9.17) is 4.74 Å². The summed E-state index contributed by atoms with van der Waals surface area (Å²) in [6.45, 7) is 3.90. The van der Waals surface area contributed by atoms with Crippen molar-refractivity contribution in [3.8, 4) is 11.5 Å². The van der Waals surface area contributed by atoms with Crippen LogP contribution in [-0.4, -0.2) is 9.55 Å². The minimum atomic E-state index is -0.0411. The third-order valence-electron chi connectivity index (χ3n) is 4.54. The van der Waals surface area contributed by atoms with Gasteiger partial charge in [-0.25, -0.2) is 0 Å². The summed E-state index contributed by atoms with van der Waals surface area (Å²) in [4.78, 5) is 17.0. The maximum atomic E-state index is 12.8. The standard InChI is InChI=1S/C21H18N2O2/c1-13-4-6-15(7-5-13)25-16-8-9-17-18-10-11-22-14(2)20(18)21(24)23(3)19(17)12-16/h4-12H,1-3H3. The molecule has 2 aromatic heterocycles. The molecule has 0 saturated carbocycles. The molecule has 0 spiro atoms. The molecule has 0 amide bonds. The topological polar surface area (TPSA) is 44.1 Å². The van der Waals surface area contributed by atoms with Gasteiger partial charge in [0.25, 0.3) is 5.56 Å². The molecule has 0 saturated heterocycles. The monoisotopic (exact) mass is 330 g/mol. The normalized spacial score (nSPS) is 11.2. The number of fused-ring (bicyclic) bond motifs is 3. The van der Waals surface area contributed by atoms with Gasteiger partial charge in [-0.2, -0.15) is 0 Å². The Kier molecular flexibility index (Phi) is 3.53. The summed E-state index contributed by atoms with van der Waals surface area (Å²) in [6, 6.07) is 15.6. The van der Waals surface area contributed by atoms with Crippen LogP contribution in [0.25, 0.3) is 21.7 Å². The highest BCUT2D eigenvalue weighted by Gasteiger charge is 2.12. The van der Waals surface area contributed by atoms with E-state index in [1.165, 1.54) is 5.56 Å². The number of aromatic nitrogens is 2. The van der Waals surface area contributed by atoms with E-state index < -0.39 is 0 Å². The van der Waals surface area contributed by atoms with Crippen LogP contribution in [-0.2, 0) is 7.05 Å². The Morgan fingerprint density at radius 2 is 1.64 bits per heavy atom. The summed E-state index contributed by atoms with van der Waals surface area (Å²) in [5.41, 5.74) is 2.73. The summed E-state index contributed by atoms with van der Waals surface area (Å²) in [6.07, 6.45) is 1.74. The molecule has 0 aliphatic rings. The van der Waals surface area contributed by atoms with E-state index in [0.29, 0.717) is 11.1 Å². The van der Waals surface area contributed by atoms with E-state index in [1.54, 1.807) is 17.8 Å². The molecular weight excluding hydrogens is 312 g/mol. The average Bonchev–Trinajstić information content (AvgIpc) is 2.61. The highest BCUT2D eigenvalue weighted by Crippen LogP contribution is 2.29. The van der Waals surface area contributed by atoms with Crippen molar-refractivity contribution in [1.29, 1.82) is 0 Å². The van der Waals surface area contributed by atoms with Gasteiger partial charge in [-0.05, 0) is 49.6 Å². The summed E-state index contributed by atoms with van der Waals surface area (Å²) >= 11 is 0. The van der Waals surface area contributed by atoms with Gasteiger partial charge in [0.2, 0.25) is 0 Å². The number of benzene rings is 2. The van der Waals surface area contributed by atoms with Gasteiger partial charge in [-0.3, -0.25) is 9.78 Å².